The van der Waals surface area contributed by atoms with Crippen molar-refractivity contribution in [3.8, 4) is 22.8 Å². The first kappa shape index (κ1) is 17.6. The third-order valence-corrected chi connectivity index (χ3v) is 3.96. The molecule has 2 aromatic heterocycles. The molecular formula is C20H16N4O4. The van der Waals surface area contributed by atoms with Gasteiger partial charge >= 0.3 is 5.97 Å². The fourth-order valence-corrected chi connectivity index (χ4v) is 2.65. The summed E-state index contributed by atoms with van der Waals surface area (Å²) < 4.78 is 15.8. The fourth-order valence-electron chi connectivity index (χ4n) is 2.65. The van der Waals surface area contributed by atoms with Gasteiger partial charge in [0.1, 0.15) is 0 Å². The number of carbonyl (C=O) groups excluding carboxylic acids is 1. The monoisotopic (exact) mass is 376 g/mol. The molecule has 0 amide bonds. The maximum Gasteiger partial charge on any atom is 0.328 e. The van der Waals surface area contributed by atoms with Crippen LogP contribution in [0.15, 0.2) is 69.7 Å². The lowest BCUT2D eigenvalue weighted by atomic mass is 10.1. The van der Waals surface area contributed by atoms with Crippen molar-refractivity contribution in [1.82, 2.24) is 20.3 Å². The van der Waals surface area contributed by atoms with Crippen molar-refractivity contribution in [1.29, 1.82) is 0 Å². The summed E-state index contributed by atoms with van der Waals surface area (Å²) in [6.07, 6.45) is 0. The van der Waals surface area contributed by atoms with Gasteiger partial charge in [-0.1, -0.05) is 71.0 Å². The largest absolute Gasteiger partial charge is 0.465 e. The molecular weight excluding hydrogens is 360 g/mol. The van der Waals surface area contributed by atoms with E-state index in [1.54, 1.807) is 6.92 Å². The second kappa shape index (κ2) is 7.83. The number of aromatic nitrogens is 4. The van der Waals surface area contributed by atoms with Gasteiger partial charge < -0.3 is 13.8 Å². The van der Waals surface area contributed by atoms with Crippen LogP contribution in [0.1, 0.15) is 24.6 Å². The van der Waals surface area contributed by atoms with E-state index in [2.05, 4.69) is 20.3 Å². The van der Waals surface area contributed by atoms with Crippen molar-refractivity contribution >= 4 is 5.97 Å². The van der Waals surface area contributed by atoms with Gasteiger partial charge in [-0.25, -0.2) is 0 Å². The Labute approximate surface area is 160 Å². The van der Waals surface area contributed by atoms with Crippen LogP contribution in [-0.4, -0.2) is 32.9 Å². The van der Waals surface area contributed by atoms with E-state index in [1.165, 1.54) is 0 Å². The topological polar surface area (TPSA) is 104 Å². The van der Waals surface area contributed by atoms with Crippen molar-refractivity contribution in [2.24, 2.45) is 0 Å². The normalized spacial score (nSPS) is 10.9. The van der Waals surface area contributed by atoms with Gasteiger partial charge in [-0.05, 0) is 6.92 Å². The van der Waals surface area contributed by atoms with Gasteiger partial charge in [0.05, 0.1) is 6.61 Å². The molecule has 140 valence electrons. The summed E-state index contributed by atoms with van der Waals surface area (Å²) in [5, 5.41) is 7.91. The number of benzene rings is 2. The number of esters is 1. The molecule has 2 aromatic carbocycles. The summed E-state index contributed by atoms with van der Waals surface area (Å²) in [4.78, 5) is 21.2. The van der Waals surface area contributed by atoms with Crippen molar-refractivity contribution in [3.05, 3.63) is 72.4 Å². The Morgan fingerprint density at radius 2 is 1.32 bits per heavy atom. The molecule has 0 unspecified atom stereocenters. The van der Waals surface area contributed by atoms with Crippen molar-refractivity contribution < 1.29 is 18.6 Å². The smallest absolute Gasteiger partial charge is 0.328 e. The molecule has 0 aliphatic carbocycles. The van der Waals surface area contributed by atoms with Crippen LogP contribution in [0.3, 0.4) is 0 Å². The van der Waals surface area contributed by atoms with E-state index in [0.29, 0.717) is 11.6 Å². The molecule has 0 spiro atoms. The van der Waals surface area contributed by atoms with Crippen LogP contribution >= 0.6 is 0 Å². The molecule has 0 atom stereocenters. The molecule has 8 nitrogen and oxygen atoms in total. The minimum absolute atomic E-state index is 0.0283. The van der Waals surface area contributed by atoms with E-state index < -0.39 is 11.9 Å². The molecule has 4 aromatic rings. The molecule has 28 heavy (non-hydrogen) atoms. The lowest BCUT2D eigenvalue weighted by Crippen LogP contribution is -2.18. The number of nitrogens with zero attached hydrogens (tertiary/aromatic N) is 4. The van der Waals surface area contributed by atoms with Crippen LogP contribution in [0.2, 0.25) is 0 Å². The third kappa shape index (κ3) is 3.52. The second-order valence-corrected chi connectivity index (χ2v) is 5.83. The number of hydrogen-bond donors (Lipinski definition) is 0. The zero-order valence-electron chi connectivity index (χ0n) is 15.0. The van der Waals surface area contributed by atoms with Crippen LogP contribution < -0.4 is 0 Å². The summed E-state index contributed by atoms with van der Waals surface area (Å²) in [6.45, 7) is 1.90. The summed E-state index contributed by atoms with van der Waals surface area (Å²) in [5.74, 6) is -0.939. The summed E-state index contributed by atoms with van der Waals surface area (Å²) >= 11 is 0. The molecule has 0 aliphatic rings. The lowest BCUT2D eigenvalue weighted by Gasteiger charge is -2.06. The van der Waals surface area contributed by atoms with E-state index in [-0.39, 0.29) is 18.4 Å². The summed E-state index contributed by atoms with van der Waals surface area (Å²) in [7, 11) is 0. The first-order valence-corrected chi connectivity index (χ1v) is 8.71. The van der Waals surface area contributed by atoms with Crippen LogP contribution in [-0.2, 0) is 9.53 Å². The predicted octanol–water partition coefficient (Wildman–Crippen LogP) is 3.48. The Hall–Kier alpha value is -3.81. The number of rotatable bonds is 6. The Bertz CT molecular complexity index is 982. The molecule has 0 radical (unpaired) electrons. The average molecular weight is 376 g/mol. The second-order valence-electron chi connectivity index (χ2n) is 5.83. The molecule has 8 heteroatoms. The Balaban J connectivity index is 1.70. The van der Waals surface area contributed by atoms with E-state index in [1.807, 2.05) is 60.7 Å². The van der Waals surface area contributed by atoms with Crippen LogP contribution in [0.5, 0.6) is 0 Å². The minimum atomic E-state index is -1.10. The van der Waals surface area contributed by atoms with E-state index >= 15 is 0 Å². The molecule has 0 saturated carbocycles. The zero-order chi connectivity index (χ0) is 19.3. The predicted molar refractivity (Wildman–Crippen MR) is 97.9 cm³/mol. The maximum absolute atomic E-state index is 12.6. The average Bonchev–Trinajstić information content (AvgIpc) is 3.41. The molecule has 0 fully saturated rings. The quantitative estimate of drug-likeness (QED) is 0.471. The van der Waals surface area contributed by atoms with Crippen LogP contribution in [0.4, 0.5) is 0 Å². The SMILES string of the molecule is CCOC(=O)C(c1nc(-c2ccccc2)no1)c1nc(-c2ccccc2)no1. The highest BCUT2D eigenvalue weighted by Crippen LogP contribution is 2.27. The number of hydrogen-bond acceptors (Lipinski definition) is 8. The number of carbonyl (C=O) groups is 1. The standard InChI is InChI=1S/C20H16N4O4/c1-2-26-20(25)15(18-21-16(23-27-18)13-9-5-3-6-10-13)19-22-17(24-28-19)14-11-7-4-8-12-14/h3-12,15H,2H2,1H3. The van der Waals surface area contributed by atoms with Gasteiger partial charge in [0.2, 0.25) is 17.6 Å². The lowest BCUT2D eigenvalue weighted by molar-refractivity contribution is -0.145. The Morgan fingerprint density at radius 3 is 1.75 bits per heavy atom. The van der Waals surface area contributed by atoms with Gasteiger partial charge in [-0.2, -0.15) is 9.97 Å². The van der Waals surface area contributed by atoms with Crippen LogP contribution in [0, 0.1) is 0 Å². The van der Waals surface area contributed by atoms with Gasteiger partial charge in [0, 0.05) is 11.1 Å². The van der Waals surface area contributed by atoms with Gasteiger partial charge in [-0.3, -0.25) is 4.79 Å². The zero-order valence-corrected chi connectivity index (χ0v) is 15.0. The van der Waals surface area contributed by atoms with E-state index in [0.717, 1.165) is 11.1 Å². The molecule has 0 bridgehead atoms. The van der Waals surface area contributed by atoms with Crippen molar-refractivity contribution in [2.75, 3.05) is 6.61 Å². The molecule has 4 rings (SSSR count). The first-order chi connectivity index (χ1) is 13.8. The highest BCUT2D eigenvalue weighted by Gasteiger charge is 2.35. The minimum Gasteiger partial charge on any atom is -0.465 e. The van der Waals surface area contributed by atoms with E-state index in [9.17, 15) is 4.79 Å². The number of ether oxygens (including phenoxy) is 1. The maximum atomic E-state index is 12.6. The molecule has 0 aliphatic heterocycles. The Morgan fingerprint density at radius 1 is 0.857 bits per heavy atom. The molecule has 2 heterocycles. The fraction of sp³-hybridized carbons (Fsp3) is 0.150. The summed E-state index contributed by atoms with van der Waals surface area (Å²) in [5.41, 5.74) is 1.52. The van der Waals surface area contributed by atoms with Gasteiger partial charge in [0.25, 0.3) is 11.8 Å². The van der Waals surface area contributed by atoms with Crippen molar-refractivity contribution in [2.45, 2.75) is 12.8 Å². The van der Waals surface area contributed by atoms with Crippen LogP contribution in [0.25, 0.3) is 22.8 Å². The van der Waals surface area contributed by atoms with E-state index in [4.69, 9.17) is 13.8 Å². The highest BCUT2D eigenvalue weighted by molar-refractivity contribution is 5.79. The van der Waals surface area contributed by atoms with Gasteiger partial charge in [-0.15, -0.1) is 0 Å². The first-order valence-electron chi connectivity index (χ1n) is 8.71. The molecule has 0 N–H and O–H groups in total. The highest BCUT2D eigenvalue weighted by atomic mass is 16.5. The third-order valence-electron chi connectivity index (χ3n) is 3.96. The van der Waals surface area contributed by atoms with Crippen molar-refractivity contribution in [3.63, 3.8) is 0 Å². The summed E-state index contributed by atoms with van der Waals surface area (Å²) in [6, 6.07) is 18.6. The van der Waals surface area contributed by atoms with Gasteiger partial charge in [0.15, 0.2) is 0 Å². The Kier molecular flexibility index (Phi) is 4.92. The molecule has 0 saturated heterocycles.